The molecule has 0 atom stereocenters. The molecule has 0 aliphatic heterocycles. The summed E-state index contributed by atoms with van der Waals surface area (Å²) in [5.74, 6) is 0.190. The van der Waals surface area contributed by atoms with E-state index in [1.54, 1.807) is 40.0 Å². The minimum atomic E-state index is -0.610. The number of fused-ring (bicyclic) bond motifs is 1. The van der Waals surface area contributed by atoms with Crippen molar-refractivity contribution in [2.24, 2.45) is 0 Å². The van der Waals surface area contributed by atoms with E-state index >= 15 is 0 Å². The first kappa shape index (κ1) is 18.4. The van der Waals surface area contributed by atoms with Gasteiger partial charge in [0.25, 0.3) is 0 Å². The standard InChI is InChI=1S/C18H22N6O3/c1-10-6-7-11(23(5)17(26)27-18(2,3)4)8-12(10)24-15-13(22-16(24)25)14(19)20-9-21-15/h6-9H,1-5H3,(H,22,25)(H2,19,20,21). The minimum absolute atomic E-state index is 0.190. The van der Waals surface area contributed by atoms with Crippen molar-refractivity contribution in [2.75, 3.05) is 17.7 Å². The van der Waals surface area contributed by atoms with Crippen LogP contribution < -0.4 is 16.3 Å². The molecule has 0 bridgehead atoms. The van der Waals surface area contributed by atoms with E-state index in [9.17, 15) is 9.59 Å². The van der Waals surface area contributed by atoms with Gasteiger partial charge in [-0.05, 0) is 45.4 Å². The lowest BCUT2D eigenvalue weighted by molar-refractivity contribution is 0.0589. The number of ether oxygens (including phenoxy) is 1. The summed E-state index contributed by atoms with van der Waals surface area (Å²) in [7, 11) is 1.61. The molecule has 3 N–H and O–H groups in total. The van der Waals surface area contributed by atoms with Crippen molar-refractivity contribution in [2.45, 2.75) is 33.3 Å². The van der Waals surface area contributed by atoms with Gasteiger partial charge in [0.1, 0.15) is 17.4 Å². The zero-order chi connectivity index (χ0) is 19.9. The third kappa shape index (κ3) is 3.48. The Morgan fingerprint density at radius 3 is 2.67 bits per heavy atom. The number of aryl methyl sites for hydroxylation is 1. The number of aromatic nitrogens is 4. The lowest BCUT2D eigenvalue weighted by atomic mass is 10.1. The van der Waals surface area contributed by atoms with Crippen LogP contribution in [0.5, 0.6) is 0 Å². The van der Waals surface area contributed by atoms with E-state index in [0.29, 0.717) is 22.5 Å². The smallest absolute Gasteiger partial charge is 0.414 e. The normalized spacial score (nSPS) is 11.6. The number of aromatic amines is 1. The van der Waals surface area contributed by atoms with E-state index in [-0.39, 0.29) is 5.82 Å². The van der Waals surface area contributed by atoms with E-state index in [2.05, 4.69) is 15.0 Å². The third-order valence-electron chi connectivity index (χ3n) is 3.99. The summed E-state index contributed by atoms with van der Waals surface area (Å²) in [4.78, 5) is 37.0. The van der Waals surface area contributed by atoms with Crippen LogP contribution >= 0.6 is 0 Å². The number of nitrogens with one attached hydrogen (secondary N) is 1. The van der Waals surface area contributed by atoms with E-state index < -0.39 is 17.4 Å². The van der Waals surface area contributed by atoms with Gasteiger partial charge in [0.15, 0.2) is 11.5 Å². The summed E-state index contributed by atoms with van der Waals surface area (Å²) < 4.78 is 6.81. The molecule has 0 unspecified atom stereocenters. The van der Waals surface area contributed by atoms with Crippen molar-refractivity contribution in [3.8, 4) is 5.69 Å². The number of imidazole rings is 1. The van der Waals surface area contributed by atoms with Crippen LogP contribution in [0, 0.1) is 6.92 Å². The molecule has 1 aromatic carbocycles. The lowest BCUT2D eigenvalue weighted by Gasteiger charge is -2.25. The maximum atomic E-state index is 12.5. The molecule has 0 saturated carbocycles. The highest BCUT2D eigenvalue weighted by atomic mass is 16.6. The van der Waals surface area contributed by atoms with Gasteiger partial charge in [0.05, 0.1) is 5.69 Å². The van der Waals surface area contributed by atoms with Gasteiger partial charge in [-0.25, -0.2) is 24.1 Å². The summed E-state index contributed by atoms with van der Waals surface area (Å²) in [6, 6.07) is 5.33. The average molecular weight is 370 g/mol. The molecule has 3 rings (SSSR count). The molecule has 2 aromatic heterocycles. The third-order valence-corrected chi connectivity index (χ3v) is 3.99. The first-order valence-electron chi connectivity index (χ1n) is 8.37. The van der Waals surface area contributed by atoms with Crippen LogP contribution in [-0.4, -0.2) is 38.3 Å². The molecular weight excluding hydrogens is 348 g/mol. The highest BCUT2D eigenvalue weighted by molar-refractivity contribution is 5.88. The van der Waals surface area contributed by atoms with Crippen molar-refractivity contribution < 1.29 is 9.53 Å². The monoisotopic (exact) mass is 370 g/mol. The predicted molar refractivity (Wildman–Crippen MR) is 103 cm³/mol. The molecule has 0 radical (unpaired) electrons. The van der Waals surface area contributed by atoms with Crippen LogP contribution in [0.4, 0.5) is 16.3 Å². The van der Waals surface area contributed by atoms with Crippen LogP contribution in [-0.2, 0) is 4.74 Å². The predicted octanol–water partition coefficient (Wildman–Crippen LogP) is 2.37. The van der Waals surface area contributed by atoms with Gasteiger partial charge in [-0.15, -0.1) is 0 Å². The van der Waals surface area contributed by atoms with Crippen LogP contribution in [0.2, 0.25) is 0 Å². The highest BCUT2D eigenvalue weighted by Crippen LogP contribution is 2.25. The Balaban J connectivity index is 2.10. The van der Waals surface area contributed by atoms with Gasteiger partial charge in [0.2, 0.25) is 0 Å². The summed E-state index contributed by atoms with van der Waals surface area (Å²) in [6.07, 6.45) is 0.808. The first-order valence-corrected chi connectivity index (χ1v) is 8.37. The SMILES string of the molecule is Cc1ccc(N(C)C(=O)OC(C)(C)C)cc1-n1c(=O)[nH]c2c(N)ncnc21. The second-order valence-corrected chi connectivity index (χ2v) is 7.23. The van der Waals surface area contributed by atoms with Gasteiger partial charge in [-0.1, -0.05) is 6.07 Å². The molecule has 9 nitrogen and oxygen atoms in total. The fourth-order valence-electron chi connectivity index (χ4n) is 2.64. The number of anilines is 2. The van der Waals surface area contributed by atoms with E-state index in [0.717, 1.165) is 5.56 Å². The molecule has 0 spiro atoms. The Labute approximate surface area is 155 Å². The van der Waals surface area contributed by atoms with Gasteiger partial charge < -0.3 is 15.5 Å². The fraction of sp³-hybridized carbons (Fsp3) is 0.333. The molecule has 0 aliphatic rings. The second kappa shape index (κ2) is 6.42. The number of carbonyl (C=O) groups is 1. The van der Waals surface area contributed by atoms with Crippen LogP contribution in [0.1, 0.15) is 26.3 Å². The van der Waals surface area contributed by atoms with Gasteiger partial charge in [0, 0.05) is 12.7 Å². The minimum Gasteiger partial charge on any atom is -0.443 e. The van der Waals surface area contributed by atoms with Crippen LogP contribution in [0.25, 0.3) is 16.9 Å². The van der Waals surface area contributed by atoms with Gasteiger partial charge in [-0.3, -0.25) is 4.90 Å². The molecule has 3 aromatic rings. The Morgan fingerprint density at radius 1 is 1.30 bits per heavy atom. The van der Waals surface area contributed by atoms with Crippen molar-refractivity contribution in [1.29, 1.82) is 0 Å². The number of nitrogens with two attached hydrogens (primary N) is 1. The molecular formula is C18H22N6O3. The first-order chi connectivity index (χ1) is 12.6. The second-order valence-electron chi connectivity index (χ2n) is 7.23. The molecule has 0 fully saturated rings. The zero-order valence-electron chi connectivity index (χ0n) is 15.9. The number of hydrogen-bond acceptors (Lipinski definition) is 6. The number of hydrogen-bond donors (Lipinski definition) is 2. The van der Waals surface area contributed by atoms with Crippen molar-refractivity contribution in [3.63, 3.8) is 0 Å². The van der Waals surface area contributed by atoms with Crippen molar-refractivity contribution in [1.82, 2.24) is 19.5 Å². The molecule has 142 valence electrons. The summed E-state index contributed by atoms with van der Waals surface area (Å²) >= 11 is 0. The van der Waals surface area contributed by atoms with Crippen molar-refractivity contribution in [3.05, 3.63) is 40.6 Å². The van der Waals surface area contributed by atoms with E-state index in [4.69, 9.17) is 10.5 Å². The van der Waals surface area contributed by atoms with Crippen molar-refractivity contribution >= 4 is 28.8 Å². The topological polar surface area (TPSA) is 119 Å². The number of amides is 1. The molecule has 2 heterocycles. The van der Waals surface area contributed by atoms with Crippen LogP contribution in [0.15, 0.2) is 29.3 Å². The average Bonchev–Trinajstić information content (AvgIpc) is 2.91. The maximum Gasteiger partial charge on any atom is 0.414 e. The molecule has 9 heteroatoms. The number of nitrogens with zero attached hydrogens (tertiary/aromatic N) is 4. The molecule has 0 aliphatic carbocycles. The number of carbonyl (C=O) groups excluding carboxylic acids is 1. The quantitative estimate of drug-likeness (QED) is 0.715. The number of benzene rings is 1. The number of nitrogen functional groups attached to an aromatic ring is 1. The number of rotatable bonds is 2. The Bertz CT molecular complexity index is 1080. The number of H-pyrrole nitrogens is 1. The fourth-order valence-corrected chi connectivity index (χ4v) is 2.64. The molecule has 27 heavy (non-hydrogen) atoms. The van der Waals surface area contributed by atoms with Gasteiger partial charge in [-0.2, -0.15) is 0 Å². The maximum absolute atomic E-state index is 12.5. The van der Waals surface area contributed by atoms with E-state index in [1.807, 2.05) is 13.0 Å². The summed E-state index contributed by atoms with van der Waals surface area (Å²) in [5.41, 5.74) is 7.55. The Morgan fingerprint density at radius 2 is 2.00 bits per heavy atom. The summed E-state index contributed by atoms with van der Waals surface area (Å²) in [6.45, 7) is 7.27. The van der Waals surface area contributed by atoms with Gasteiger partial charge >= 0.3 is 11.8 Å². The van der Waals surface area contributed by atoms with E-state index in [1.165, 1.54) is 15.8 Å². The highest BCUT2D eigenvalue weighted by Gasteiger charge is 2.22. The largest absolute Gasteiger partial charge is 0.443 e. The summed E-state index contributed by atoms with van der Waals surface area (Å²) in [5, 5.41) is 0. The molecule has 0 saturated heterocycles. The molecule has 1 amide bonds. The Hall–Kier alpha value is -3.36. The Kier molecular flexibility index (Phi) is 4.38. The zero-order valence-corrected chi connectivity index (χ0v) is 15.9. The van der Waals surface area contributed by atoms with Crippen LogP contribution in [0.3, 0.4) is 0 Å². The lowest BCUT2D eigenvalue weighted by Crippen LogP contribution is -2.34.